The molecule has 3 atom stereocenters. The van der Waals surface area contributed by atoms with Crippen molar-refractivity contribution in [2.75, 3.05) is 19.6 Å². The van der Waals surface area contributed by atoms with Crippen LogP contribution in [0.3, 0.4) is 0 Å². The van der Waals surface area contributed by atoms with Crippen LogP contribution in [0.25, 0.3) is 10.9 Å². The van der Waals surface area contributed by atoms with Gasteiger partial charge in [0.15, 0.2) is 0 Å². The first kappa shape index (κ1) is 16.9. The molecule has 1 aromatic heterocycles. The third-order valence-corrected chi connectivity index (χ3v) is 5.21. The molecule has 0 unspecified atom stereocenters. The lowest BCUT2D eigenvalue weighted by Gasteiger charge is -2.45. The largest absolute Gasteiger partial charge is 0.391 e. The summed E-state index contributed by atoms with van der Waals surface area (Å²) in [4.78, 5) is 33.2. The normalized spacial score (nSPS) is 25.1. The maximum absolute atomic E-state index is 12.5. The number of para-hydroxylation sites is 1. The summed E-state index contributed by atoms with van der Waals surface area (Å²) in [7, 11) is 0. The van der Waals surface area contributed by atoms with Gasteiger partial charge in [0, 0.05) is 37.8 Å². The Morgan fingerprint density at radius 2 is 2.08 bits per heavy atom. The summed E-state index contributed by atoms with van der Waals surface area (Å²) in [5, 5.41) is 13.5. The van der Waals surface area contributed by atoms with Crippen LogP contribution in [0.5, 0.6) is 0 Å². The Morgan fingerprint density at radius 1 is 1.27 bits per heavy atom. The Kier molecular flexibility index (Phi) is 4.34. The van der Waals surface area contributed by atoms with Gasteiger partial charge in [-0.25, -0.2) is 0 Å². The number of rotatable bonds is 3. The van der Waals surface area contributed by atoms with E-state index in [1.54, 1.807) is 11.1 Å². The highest BCUT2D eigenvalue weighted by atomic mass is 16.3. The van der Waals surface area contributed by atoms with E-state index in [-0.39, 0.29) is 11.8 Å². The van der Waals surface area contributed by atoms with E-state index in [2.05, 4.69) is 21.3 Å². The molecule has 7 heteroatoms. The summed E-state index contributed by atoms with van der Waals surface area (Å²) in [5.41, 5.74) is 2.08. The number of aromatic nitrogens is 1. The SMILES string of the molecule is C[C@H](O)[C@H]1NC(=O)[C@H]2CN(Cc3cccc4cccnc34)CCN2C1=O. The van der Waals surface area contributed by atoms with Gasteiger partial charge in [0.25, 0.3) is 0 Å². The summed E-state index contributed by atoms with van der Waals surface area (Å²) in [6.07, 6.45) is 0.889. The van der Waals surface area contributed by atoms with Crippen molar-refractivity contribution < 1.29 is 14.7 Å². The molecule has 2 aliphatic rings. The van der Waals surface area contributed by atoms with Crippen molar-refractivity contribution in [1.29, 1.82) is 0 Å². The summed E-state index contributed by atoms with van der Waals surface area (Å²) in [5.74, 6) is -0.396. The van der Waals surface area contributed by atoms with Crippen LogP contribution in [0.15, 0.2) is 36.5 Å². The first-order valence-corrected chi connectivity index (χ1v) is 8.88. The molecule has 0 saturated carbocycles. The van der Waals surface area contributed by atoms with Crippen LogP contribution in [0.1, 0.15) is 12.5 Å². The van der Waals surface area contributed by atoms with E-state index in [0.717, 1.165) is 16.5 Å². The summed E-state index contributed by atoms with van der Waals surface area (Å²) >= 11 is 0. The molecule has 2 fully saturated rings. The molecule has 2 aliphatic heterocycles. The van der Waals surface area contributed by atoms with Crippen molar-refractivity contribution in [2.45, 2.75) is 31.7 Å². The van der Waals surface area contributed by atoms with E-state index in [1.807, 2.05) is 24.3 Å². The van der Waals surface area contributed by atoms with Gasteiger partial charge < -0.3 is 15.3 Å². The molecule has 2 aromatic rings. The third kappa shape index (κ3) is 2.93. The van der Waals surface area contributed by atoms with Crippen LogP contribution in [-0.4, -0.2) is 69.5 Å². The number of nitrogens with one attached hydrogen (secondary N) is 1. The second kappa shape index (κ2) is 6.66. The molecule has 136 valence electrons. The molecule has 7 nitrogen and oxygen atoms in total. The predicted octanol–water partition coefficient (Wildman–Crippen LogP) is 0.127. The highest BCUT2D eigenvalue weighted by Gasteiger charge is 2.44. The first-order valence-electron chi connectivity index (χ1n) is 8.88. The van der Waals surface area contributed by atoms with Crippen molar-refractivity contribution in [3.05, 3.63) is 42.1 Å². The van der Waals surface area contributed by atoms with E-state index < -0.39 is 18.2 Å². The predicted molar refractivity (Wildman–Crippen MR) is 96.1 cm³/mol. The molecule has 1 aromatic carbocycles. The zero-order valence-electron chi connectivity index (χ0n) is 14.6. The Morgan fingerprint density at radius 3 is 2.88 bits per heavy atom. The van der Waals surface area contributed by atoms with Crippen molar-refractivity contribution >= 4 is 22.7 Å². The molecule has 2 N–H and O–H groups in total. The molecule has 0 bridgehead atoms. The van der Waals surface area contributed by atoms with E-state index in [9.17, 15) is 14.7 Å². The number of aliphatic hydroxyl groups is 1. The van der Waals surface area contributed by atoms with Crippen LogP contribution in [0.4, 0.5) is 0 Å². The van der Waals surface area contributed by atoms with Crippen molar-refractivity contribution in [3.63, 3.8) is 0 Å². The molecular weight excluding hydrogens is 332 g/mol. The number of fused-ring (bicyclic) bond motifs is 2. The summed E-state index contributed by atoms with van der Waals surface area (Å²) in [6.45, 7) is 3.85. The Hall–Kier alpha value is -2.51. The fourth-order valence-electron chi connectivity index (χ4n) is 3.82. The first-order chi connectivity index (χ1) is 12.5. The number of carbonyl (C=O) groups is 2. The van der Waals surface area contributed by atoms with Gasteiger partial charge in [0.2, 0.25) is 11.8 Å². The highest BCUT2D eigenvalue weighted by Crippen LogP contribution is 2.22. The lowest BCUT2D eigenvalue weighted by Crippen LogP contribution is -2.70. The quantitative estimate of drug-likeness (QED) is 0.818. The minimum absolute atomic E-state index is 0.198. The third-order valence-electron chi connectivity index (χ3n) is 5.21. The van der Waals surface area contributed by atoms with Crippen LogP contribution < -0.4 is 5.32 Å². The second-order valence-corrected chi connectivity index (χ2v) is 7.00. The molecular formula is C19H22N4O3. The van der Waals surface area contributed by atoms with Crippen molar-refractivity contribution in [3.8, 4) is 0 Å². The van der Waals surface area contributed by atoms with Gasteiger partial charge in [0.05, 0.1) is 11.6 Å². The average Bonchev–Trinajstić information content (AvgIpc) is 2.65. The standard InChI is InChI=1S/C19H22N4O3/c1-12(24)16-19(26)23-9-8-22(11-15(23)18(25)21-16)10-14-5-2-4-13-6-3-7-20-17(13)14/h2-7,12,15-16,24H,8-11H2,1H3,(H,21,25)/t12-,15+,16+/m0/s1. The zero-order chi connectivity index (χ0) is 18.3. The maximum atomic E-state index is 12.5. The summed E-state index contributed by atoms with van der Waals surface area (Å²) < 4.78 is 0. The van der Waals surface area contributed by atoms with Gasteiger partial charge >= 0.3 is 0 Å². The lowest BCUT2D eigenvalue weighted by atomic mass is 10.0. The van der Waals surface area contributed by atoms with Gasteiger partial charge in [-0.3, -0.25) is 19.5 Å². The number of pyridine rings is 1. The van der Waals surface area contributed by atoms with Crippen LogP contribution in [-0.2, 0) is 16.1 Å². The summed E-state index contributed by atoms with van der Waals surface area (Å²) in [6, 6.07) is 8.71. The second-order valence-electron chi connectivity index (χ2n) is 7.00. The highest BCUT2D eigenvalue weighted by molar-refractivity contribution is 5.97. The van der Waals surface area contributed by atoms with E-state index in [4.69, 9.17) is 0 Å². The Balaban J connectivity index is 1.52. The minimum atomic E-state index is -0.896. The van der Waals surface area contributed by atoms with Crippen LogP contribution in [0.2, 0.25) is 0 Å². The molecule has 2 saturated heterocycles. The Bertz CT molecular complexity index is 848. The number of nitrogens with zero attached hydrogens (tertiary/aromatic N) is 3. The smallest absolute Gasteiger partial charge is 0.248 e. The van der Waals surface area contributed by atoms with E-state index >= 15 is 0 Å². The number of piperazine rings is 2. The molecule has 2 amide bonds. The number of carbonyl (C=O) groups excluding carboxylic acids is 2. The van der Waals surface area contributed by atoms with Crippen molar-refractivity contribution in [1.82, 2.24) is 20.1 Å². The van der Waals surface area contributed by atoms with Gasteiger partial charge in [-0.15, -0.1) is 0 Å². The van der Waals surface area contributed by atoms with Crippen molar-refractivity contribution in [2.24, 2.45) is 0 Å². The molecule has 3 heterocycles. The maximum Gasteiger partial charge on any atom is 0.248 e. The Labute approximate surface area is 151 Å². The molecule has 0 aliphatic carbocycles. The molecule has 4 rings (SSSR count). The molecule has 0 radical (unpaired) electrons. The number of hydrogen-bond acceptors (Lipinski definition) is 5. The van der Waals surface area contributed by atoms with Gasteiger partial charge in [-0.05, 0) is 18.6 Å². The average molecular weight is 354 g/mol. The van der Waals surface area contributed by atoms with Gasteiger partial charge in [-0.2, -0.15) is 0 Å². The van der Waals surface area contributed by atoms with Crippen LogP contribution >= 0.6 is 0 Å². The fourth-order valence-corrected chi connectivity index (χ4v) is 3.82. The monoisotopic (exact) mass is 354 g/mol. The van der Waals surface area contributed by atoms with Gasteiger partial charge in [-0.1, -0.05) is 24.3 Å². The fraction of sp³-hybridized carbons (Fsp3) is 0.421. The van der Waals surface area contributed by atoms with Crippen LogP contribution in [0, 0.1) is 0 Å². The van der Waals surface area contributed by atoms with E-state index in [1.165, 1.54) is 6.92 Å². The zero-order valence-corrected chi connectivity index (χ0v) is 14.6. The minimum Gasteiger partial charge on any atom is -0.391 e. The number of amides is 2. The molecule has 0 spiro atoms. The van der Waals surface area contributed by atoms with Gasteiger partial charge in [0.1, 0.15) is 12.1 Å². The number of aliphatic hydroxyl groups excluding tert-OH is 1. The number of hydrogen-bond donors (Lipinski definition) is 2. The molecule has 26 heavy (non-hydrogen) atoms. The van der Waals surface area contributed by atoms with E-state index in [0.29, 0.717) is 26.2 Å². The number of benzene rings is 1. The lowest BCUT2D eigenvalue weighted by molar-refractivity contribution is -0.156. The topological polar surface area (TPSA) is 85.8 Å².